The van der Waals surface area contributed by atoms with Gasteiger partial charge in [-0.1, -0.05) is 6.07 Å². The van der Waals surface area contributed by atoms with Crippen LogP contribution >= 0.6 is 0 Å². The van der Waals surface area contributed by atoms with Crippen molar-refractivity contribution in [3.05, 3.63) is 47.8 Å². The van der Waals surface area contributed by atoms with Crippen molar-refractivity contribution >= 4 is 0 Å². The van der Waals surface area contributed by atoms with Gasteiger partial charge >= 0.3 is 6.18 Å². The number of nitrogens with two attached hydrogens (primary N) is 1. The van der Waals surface area contributed by atoms with E-state index in [1.54, 1.807) is 6.92 Å². The lowest BCUT2D eigenvalue weighted by atomic mass is 10.1. The van der Waals surface area contributed by atoms with Gasteiger partial charge in [0.2, 0.25) is 5.82 Å². The maximum absolute atomic E-state index is 13.9. The minimum Gasteiger partial charge on any atom is -0.324 e. The van der Waals surface area contributed by atoms with E-state index in [1.165, 1.54) is 12.1 Å². The van der Waals surface area contributed by atoms with Crippen molar-refractivity contribution in [2.45, 2.75) is 19.1 Å². The molecule has 0 radical (unpaired) electrons. The maximum atomic E-state index is 13.9. The largest absolute Gasteiger partial charge is 0.450 e. The summed E-state index contributed by atoms with van der Waals surface area (Å²) in [7, 11) is 0. The third-order valence-electron chi connectivity index (χ3n) is 2.65. The molecule has 7 heteroatoms. The Balaban J connectivity index is 2.52. The molecule has 0 saturated heterocycles. The van der Waals surface area contributed by atoms with Crippen molar-refractivity contribution in [2.24, 2.45) is 5.73 Å². The van der Waals surface area contributed by atoms with E-state index in [2.05, 4.69) is 4.98 Å². The van der Waals surface area contributed by atoms with E-state index < -0.39 is 23.9 Å². The first kappa shape index (κ1) is 13.5. The fraction of sp³-hybridized carbons (Fsp3) is 0.250. The summed E-state index contributed by atoms with van der Waals surface area (Å²) in [5.74, 6) is -1.95. The number of halogens is 4. The van der Waals surface area contributed by atoms with Crippen LogP contribution in [0.5, 0.6) is 0 Å². The van der Waals surface area contributed by atoms with Crippen molar-refractivity contribution in [1.82, 2.24) is 9.55 Å². The highest BCUT2D eigenvalue weighted by molar-refractivity contribution is 5.38. The van der Waals surface area contributed by atoms with E-state index in [9.17, 15) is 17.6 Å². The Kier molecular flexibility index (Phi) is 3.32. The molecule has 0 aliphatic heterocycles. The average Bonchev–Trinajstić information content (AvgIpc) is 2.77. The number of hydrogen-bond donors (Lipinski definition) is 1. The van der Waals surface area contributed by atoms with E-state index in [1.807, 2.05) is 0 Å². The van der Waals surface area contributed by atoms with E-state index in [-0.39, 0.29) is 5.69 Å². The number of benzene rings is 1. The van der Waals surface area contributed by atoms with Gasteiger partial charge in [0, 0.05) is 18.4 Å². The third kappa shape index (κ3) is 2.60. The standard InChI is InChI=1S/C12H11F4N3/c1-7(17)8-2-3-10(9(13)6-8)19-5-4-18-11(19)12(14,15)16/h2-7H,17H2,1H3/t7-/m1/s1. The first-order valence-corrected chi connectivity index (χ1v) is 5.46. The molecule has 19 heavy (non-hydrogen) atoms. The molecular formula is C12H11F4N3. The molecule has 1 atom stereocenters. The second kappa shape index (κ2) is 4.65. The minimum absolute atomic E-state index is 0.214. The van der Waals surface area contributed by atoms with Gasteiger partial charge < -0.3 is 5.73 Å². The van der Waals surface area contributed by atoms with Crippen LogP contribution in [-0.2, 0) is 6.18 Å². The summed E-state index contributed by atoms with van der Waals surface area (Å²) in [6.07, 6.45) is -2.61. The molecule has 2 rings (SSSR count). The molecular weight excluding hydrogens is 262 g/mol. The quantitative estimate of drug-likeness (QED) is 0.855. The highest BCUT2D eigenvalue weighted by Gasteiger charge is 2.36. The van der Waals surface area contributed by atoms with Crippen LogP contribution in [0.1, 0.15) is 24.4 Å². The van der Waals surface area contributed by atoms with Crippen LogP contribution < -0.4 is 5.73 Å². The van der Waals surface area contributed by atoms with Crippen LogP contribution in [0.3, 0.4) is 0 Å². The lowest BCUT2D eigenvalue weighted by molar-refractivity contribution is -0.145. The van der Waals surface area contributed by atoms with Gasteiger partial charge in [0.15, 0.2) is 0 Å². The lowest BCUT2D eigenvalue weighted by Crippen LogP contribution is -2.14. The Bertz CT molecular complexity index is 587. The molecule has 2 aromatic rings. The monoisotopic (exact) mass is 273 g/mol. The molecule has 0 amide bonds. The van der Waals surface area contributed by atoms with Crippen LogP contribution in [0.25, 0.3) is 5.69 Å². The predicted molar refractivity (Wildman–Crippen MR) is 61.1 cm³/mol. The summed E-state index contributed by atoms with van der Waals surface area (Å²) in [5.41, 5.74) is 5.88. The van der Waals surface area contributed by atoms with Gasteiger partial charge in [-0.25, -0.2) is 9.37 Å². The summed E-state index contributed by atoms with van der Waals surface area (Å²) >= 11 is 0. The first-order valence-electron chi connectivity index (χ1n) is 5.46. The molecule has 0 aliphatic carbocycles. The molecule has 0 spiro atoms. The maximum Gasteiger partial charge on any atom is 0.450 e. The molecule has 0 aliphatic rings. The number of rotatable bonds is 2. The normalized spacial score (nSPS) is 13.6. The van der Waals surface area contributed by atoms with Gasteiger partial charge in [0.1, 0.15) is 5.82 Å². The van der Waals surface area contributed by atoms with Crippen LogP contribution in [0.15, 0.2) is 30.6 Å². The zero-order valence-electron chi connectivity index (χ0n) is 9.95. The van der Waals surface area contributed by atoms with Crippen molar-refractivity contribution in [3.63, 3.8) is 0 Å². The molecule has 1 aromatic carbocycles. The second-order valence-corrected chi connectivity index (χ2v) is 4.12. The van der Waals surface area contributed by atoms with Crippen molar-refractivity contribution in [1.29, 1.82) is 0 Å². The number of hydrogen-bond acceptors (Lipinski definition) is 2. The lowest BCUT2D eigenvalue weighted by Gasteiger charge is -2.13. The summed E-state index contributed by atoms with van der Waals surface area (Å²) in [6, 6.07) is 3.47. The number of alkyl halides is 3. The molecule has 0 bridgehead atoms. The van der Waals surface area contributed by atoms with E-state index in [0.29, 0.717) is 10.1 Å². The van der Waals surface area contributed by atoms with E-state index >= 15 is 0 Å². The minimum atomic E-state index is -4.64. The number of imidazole rings is 1. The summed E-state index contributed by atoms with van der Waals surface area (Å²) in [6.45, 7) is 1.66. The Labute approximate surface area is 106 Å². The summed E-state index contributed by atoms with van der Waals surface area (Å²) in [5, 5.41) is 0. The van der Waals surface area contributed by atoms with Gasteiger partial charge in [-0.3, -0.25) is 4.57 Å². The van der Waals surface area contributed by atoms with Crippen LogP contribution in [0.2, 0.25) is 0 Å². The summed E-state index contributed by atoms with van der Waals surface area (Å²) < 4.78 is 52.6. The molecule has 102 valence electrons. The predicted octanol–water partition coefficient (Wildman–Crippen LogP) is 3.05. The summed E-state index contributed by atoms with van der Waals surface area (Å²) in [4.78, 5) is 3.21. The Morgan fingerprint density at radius 2 is 2.00 bits per heavy atom. The van der Waals surface area contributed by atoms with Crippen LogP contribution in [-0.4, -0.2) is 9.55 Å². The molecule has 1 heterocycles. The van der Waals surface area contributed by atoms with Gasteiger partial charge in [-0.05, 0) is 24.6 Å². The Morgan fingerprint density at radius 3 is 2.53 bits per heavy atom. The van der Waals surface area contributed by atoms with Gasteiger partial charge in [0.05, 0.1) is 5.69 Å². The highest BCUT2D eigenvalue weighted by Crippen LogP contribution is 2.30. The molecule has 0 fully saturated rings. The molecule has 0 saturated carbocycles. The van der Waals surface area contributed by atoms with Gasteiger partial charge in [0.25, 0.3) is 0 Å². The van der Waals surface area contributed by atoms with Crippen molar-refractivity contribution in [2.75, 3.05) is 0 Å². The van der Waals surface area contributed by atoms with Gasteiger partial charge in [-0.15, -0.1) is 0 Å². The fourth-order valence-electron chi connectivity index (χ4n) is 1.71. The molecule has 0 unspecified atom stereocenters. The molecule has 1 aromatic heterocycles. The van der Waals surface area contributed by atoms with Crippen molar-refractivity contribution < 1.29 is 17.6 Å². The second-order valence-electron chi connectivity index (χ2n) is 4.12. The zero-order chi connectivity index (χ0) is 14.2. The van der Waals surface area contributed by atoms with Gasteiger partial charge in [-0.2, -0.15) is 13.2 Å². The average molecular weight is 273 g/mol. The fourth-order valence-corrected chi connectivity index (χ4v) is 1.71. The first-order chi connectivity index (χ1) is 8.80. The van der Waals surface area contributed by atoms with Crippen LogP contribution in [0, 0.1) is 5.82 Å². The van der Waals surface area contributed by atoms with E-state index in [4.69, 9.17) is 5.73 Å². The molecule has 3 nitrogen and oxygen atoms in total. The smallest absolute Gasteiger partial charge is 0.324 e. The number of nitrogens with zero attached hydrogens (tertiary/aromatic N) is 2. The topological polar surface area (TPSA) is 43.8 Å². The van der Waals surface area contributed by atoms with Crippen molar-refractivity contribution in [3.8, 4) is 5.69 Å². The van der Waals surface area contributed by atoms with E-state index in [0.717, 1.165) is 18.5 Å². The third-order valence-corrected chi connectivity index (χ3v) is 2.65. The Hall–Kier alpha value is -1.89. The Morgan fingerprint density at radius 1 is 1.32 bits per heavy atom. The SMILES string of the molecule is C[C@@H](N)c1ccc(-n2ccnc2C(F)(F)F)c(F)c1. The molecule has 2 N–H and O–H groups in total. The zero-order valence-corrected chi connectivity index (χ0v) is 9.95. The number of aromatic nitrogens is 2. The highest BCUT2D eigenvalue weighted by atomic mass is 19.4. The van der Waals surface area contributed by atoms with Crippen LogP contribution in [0.4, 0.5) is 17.6 Å².